The average molecular weight is 343 g/mol. The lowest BCUT2D eigenvalue weighted by Gasteiger charge is -2.07. The summed E-state index contributed by atoms with van der Waals surface area (Å²) in [5.41, 5.74) is 1.56. The van der Waals surface area contributed by atoms with Crippen molar-refractivity contribution in [3.05, 3.63) is 33.8 Å². The van der Waals surface area contributed by atoms with Crippen molar-refractivity contribution in [2.45, 2.75) is 17.7 Å². The number of aryl methyl sites for hydroxylation is 1. The molecule has 1 aromatic heterocycles. The van der Waals surface area contributed by atoms with E-state index in [1.807, 2.05) is 13.2 Å². The summed E-state index contributed by atoms with van der Waals surface area (Å²) in [5, 5.41) is 3.30. The molecule has 4 nitrogen and oxygen atoms in total. The Kier molecular flexibility index (Phi) is 5.50. The Balaban J connectivity index is 2.04. The van der Waals surface area contributed by atoms with E-state index in [4.69, 9.17) is 16.3 Å². The first kappa shape index (κ1) is 16.1. The van der Waals surface area contributed by atoms with Crippen LogP contribution in [0, 0.1) is 6.92 Å². The van der Waals surface area contributed by atoms with E-state index >= 15 is 0 Å². The molecule has 0 saturated heterocycles. The van der Waals surface area contributed by atoms with Gasteiger partial charge in [0.05, 0.1) is 24.2 Å². The van der Waals surface area contributed by atoms with E-state index in [-0.39, 0.29) is 5.91 Å². The first-order valence-electron chi connectivity index (χ1n) is 6.17. The van der Waals surface area contributed by atoms with Crippen molar-refractivity contribution >= 4 is 46.3 Å². The van der Waals surface area contributed by atoms with Crippen LogP contribution in [0.25, 0.3) is 0 Å². The Morgan fingerprint density at radius 1 is 1.52 bits per heavy atom. The predicted octanol–water partition coefficient (Wildman–Crippen LogP) is 4.02. The molecule has 0 spiro atoms. The van der Waals surface area contributed by atoms with Crippen LogP contribution in [0.2, 0.25) is 5.02 Å². The van der Waals surface area contributed by atoms with Crippen molar-refractivity contribution in [2.24, 2.45) is 0 Å². The molecule has 21 heavy (non-hydrogen) atoms. The minimum atomic E-state index is -0.0874. The van der Waals surface area contributed by atoms with Gasteiger partial charge >= 0.3 is 0 Å². The Bertz CT molecular complexity index is 658. The summed E-state index contributed by atoms with van der Waals surface area (Å²) in [7, 11) is 1.55. The van der Waals surface area contributed by atoms with Gasteiger partial charge in [-0.15, -0.1) is 11.3 Å². The van der Waals surface area contributed by atoms with Gasteiger partial charge in [-0.3, -0.25) is 4.79 Å². The van der Waals surface area contributed by atoms with Crippen LogP contribution in [0.5, 0.6) is 5.75 Å². The summed E-state index contributed by atoms with van der Waals surface area (Å²) < 4.78 is 6.05. The lowest BCUT2D eigenvalue weighted by atomic mass is 10.2. The zero-order valence-electron chi connectivity index (χ0n) is 11.9. The average Bonchev–Trinajstić information content (AvgIpc) is 2.79. The van der Waals surface area contributed by atoms with Crippen LogP contribution in [0.4, 0.5) is 5.69 Å². The molecule has 0 atom stereocenters. The van der Waals surface area contributed by atoms with Crippen molar-refractivity contribution in [3.63, 3.8) is 0 Å². The van der Waals surface area contributed by atoms with E-state index in [0.717, 1.165) is 14.9 Å². The van der Waals surface area contributed by atoms with Gasteiger partial charge in [0.15, 0.2) is 0 Å². The fraction of sp³-hybridized carbons (Fsp3) is 0.286. The van der Waals surface area contributed by atoms with E-state index in [1.165, 1.54) is 0 Å². The SMILES string of the molecule is COc1ccc(NC(=O)Cc2sc(SC)nc2C)cc1Cl. The van der Waals surface area contributed by atoms with E-state index in [2.05, 4.69) is 10.3 Å². The second-order valence-electron chi connectivity index (χ2n) is 4.27. The molecule has 0 radical (unpaired) electrons. The third-order valence-electron chi connectivity index (χ3n) is 2.80. The van der Waals surface area contributed by atoms with Crippen molar-refractivity contribution in [1.29, 1.82) is 0 Å². The molecular formula is C14H15ClN2O2S2. The topological polar surface area (TPSA) is 51.2 Å². The number of aromatic nitrogens is 1. The zero-order chi connectivity index (χ0) is 15.4. The van der Waals surface area contributed by atoms with Crippen molar-refractivity contribution < 1.29 is 9.53 Å². The zero-order valence-corrected chi connectivity index (χ0v) is 14.3. The first-order chi connectivity index (χ1) is 10.0. The Morgan fingerprint density at radius 2 is 2.29 bits per heavy atom. The van der Waals surface area contributed by atoms with E-state index in [1.54, 1.807) is 48.4 Å². The van der Waals surface area contributed by atoms with Gasteiger partial charge in [0.1, 0.15) is 10.1 Å². The second kappa shape index (κ2) is 7.15. The molecule has 112 valence electrons. The Hall–Kier alpha value is -1.24. The van der Waals surface area contributed by atoms with Crippen LogP contribution in [-0.2, 0) is 11.2 Å². The molecule has 0 fully saturated rings. The number of nitrogens with one attached hydrogen (secondary N) is 1. The number of hydrogen-bond donors (Lipinski definition) is 1. The van der Waals surface area contributed by atoms with Gasteiger partial charge in [-0.25, -0.2) is 4.98 Å². The maximum Gasteiger partial charge on any atom is 0.229 e. The molecule has 0 aliphatic rings. The number of halogens is 1. The van der Waals surface area contributed by atoms with Gasteiger partial charge in [-0.1, -0.05) is 23.4 Å². The molecule has 0 aliphatic carbocycles. The highest BCUT2D eigenvalue weighted by Crippen LogP contribution is 2.28. The van der Waals surface area contributed by atoms with Crippen molar-refractivity contribution in [1.82, 2.24) is 4.98 Å². The summed E-state index contributed by atoms with van der Waals surface area (Å²) in [5.74, 6) is 0.494. The number of methoxy groups -OCH3 is 1. The summed E-state index contributed by atoms with van der Waals surface area (Å²) >= 11 is 9.17. The van der Waals surface area contributed by atoms with Crippen molar-refractivity contribution in [3.8, 4) is 5.75 Å². The van der Waals surface area contributed by atoms with Crippen LogP contribution in [-0.4, -0.2) is 24.3 Å². The highest BCUT2D eigenvalue weighted by Gasteiger charge is 2.12. The van der Waals surface area contributed by atoms with E-state index < -0.39 is 0 Å². The summed E-state index contributed by atoms with van der Waals surface area (Å²) in [6.45, 7) is 1.92. The standard InChI is InChI=1S/C14H15ClN2O2S2/c1-8-12(21-14(16-8)20-3)7-13(18)17-9-4-5-11(19-2)10(15)6-9/h4-6H,7H2,1-3H3,(H,17,18). The molecule has 0 aliphatic heterocycles. The molecule has 2 aromatic rings. The molecule has 0 unspecified atom stereocenters. The van der Waals surface area contributed by atoms with Gasteiger partial charge in [0, 0.05) is 10.6 Å². The number of anilines is 1. The molecule has 2 rings (SSSR count). The van der Waals surface area contributed by atoms with Gasteiger partial charge < -0.3 is 10.1 Å². The molecular weight excluding hydrogens is 328 g/mol. The quantitative estimate of drug-likeness (QED) is 0.834. The van der Waals surface area contributed by atoms with Crippen LogP contribution >= 0.6 is 34.7 Å². The van der Waals surface area contributed by atoms with E-state index in [9.17, 15) is 4.79 Å². The number of benzene rings is 1. The third-order valence-corrected chi connectivity index (χ3v) is 5.24. The monoisotopic (exact) mass is 342 g/mol. The number of amides is 1. The van der Waals surface area contributed by atoms with Gasteiger partial charge in [0.25, 0.3) is 0 Å². The lowest BCUT2D eigenvalue weighted by molar-refractivity contribution is -0.115. The molecule has 0 bridgehead atoms. The van der Waals surface area contributed by atoms with Crippen LogP contribution < -0.4 is 10.1 Å². The maximum absolute atomic E-state index is 12.1. The molecule has 0 saturated carbocycles. The Labute approximate surface area is 136 Å². The number of rotatable bonds is 5. The van der Waals surface area contributed by atoms with Crippen LogP contribution in [0.3, 0.4) is 0 Å². The smallest absolute Gasteiger partial charge is 0.229 e. The minimum Gasteiger partial charge on any atom is -0.495 e. The minimum absolute atomic E-state index is 0.0874. The molecule has 7 heteroatoms. The highest BCUT2D eigenvalue weighted by molar-refractivity contribution is 8.00. The van der Waals surface area contributed by atoms with Crippen molar-refractivity contribution in [2.75, 3.05) is 18.7 Å². The first-order valence-corrected chi connectivity index (χ1v) is 8.59. The number of ether oxygens (including phenoxy) is 1. The fourth-order valence-corrected chi connectivity index (χ4v) is 3.66. The van der Waals surface area contributed by atoms with Gasteiger partial charge in [0.2, 0.25) is 5.91 Å². The molecule has 1 N–H and O–H groups in total. The predicted molar refractivity (Wildman–Crippen MR) is 89.0 cm³/mol. The highest BCUT2D eigenvalue weighted by atomic mass is 35.5. The van der Waals surface area contributed by atoms with Crippen LogP contribution in [0.1, 0.15) is 10.6 Å². The largest absolute Gasteiger partial charge is 0.495 e. The summed E-state index contributed by atoms with van der Waals surface area (Å²) in [6.07, 6.45) is 2.29. The number of carbonyl (C=O) groups is 1. The number of hydrogen-bond acceptors (Lipinski definition) is 5. The summed E-state index contributed by atoms with van der Waals surface area (Å²) in [4.78, 5) is 17.5. The number of thioether (sulfide) groups is 1. The number of carbonyl (C=O) groups excluding carboxylic acids is 1. The number of thiazole rings is 1. The number of nitrogens with zero attached hydrogens (tertiary/aromatic N) is 1. The molecule has 1 amide bonds. The molecule has 1 aromatic carbocycles. The second-order valence-corrected chi connectivity index (χ2v) is 6.81. The third kappa shape index (κ3) is 4.12. The summed E-state index contributed by atoms with van der Waals surface area (Å²) in [6, 6.07) is 5.16. The lowest BCUT2D eigenvalue weighted by Crippen LogP contribution is -2.14. The maximum atomic E-state index is 12.1. The van der Waals surface area contributed by atoms with Gasteiger partial charge in [-0.2, -0.15) is 0 Å². The van der Waals surface area contributed by atoms with Gasteiger partial charge in [-0.05, 0) is 31.4 Å². The van der Waals surface area contributed by atoms with Crippen LogP contribution in [0.15, 0.2) is 22.5 Å². The fourth-order valence-electron chi connectivity index (χ4n) is 1.75. The molecule has 1 heterocycles. The van der Waals surface area contributed by atoms with E-state index in [0.29, 0.717) is 22.9 Å². The normalized spacial score (nSPS) is 10.5. The Morgan fingerprint density at radius 3 is 2.86 bits per heavy atom.